The van der Waals surface area contributed by atoms with E-state index in [4.69, 9.17) is 0 Å². The topological polar surface area (TPSA) is 49.3 Å². The zero-order chi connectivity index (χ0) is 15.3. The van der Waals surface area contributed by atoms with E-state index in [1.165, 1.54) is 25.7 Å². The number of thioether (sulfide) groups is 1. The van der Waals surface area contributed by atoms with Crippen molar-refractivity contribution in [1.82, 2.24) is 5.32 Å². The summed E-state index contributed by atoms with van der Waals surface area (Å²) in [5, 5.41) is 13.8. The second-order valence-electron chi connectivity index (χ2n) is 6.09. The molecule has 1 aromatic carbocycles. The van der Waals surface area contributed by atoms with E-state index in [1.54, 1.807) is 0 Å². The fraction of sp³-hybridized carbons (Fsp3) is 0.588. The molecule has 0 aliphatic heterocycles. The van der Waals surface area contributed by atoms with E-state index >= 15 is 0 Å². The summed E-state index contributed by atoms with van der Waals surface area (Å²) in [7, 11) is 0. The first-order valence-corrected chi connectivity index (χ1v) is 8.77. The zero-order valence-corrected chi connectivity index (χ0v) is 13.7. The molecule has 2 rings (SSSR count). The number of carboxylic acids is 1. The summed E-state index contributed by atoms with van der Waals surface area (Å²) in [6, 6.07) is 9.70. The normalized spacial score (nSPS) is 18.8. The highest BCUT2D eigenvalue weighted by Crippen LogP contribution is 2.35. The summed E-state index contributed by atoms with van der Waals surface area (Å²) in [6.45, 7) is 4.00. The van der Waals surface area contributed by atoms with Crippen LogP contribution < -0.4 is 5.32 Å². The lowest BCUT2D eigenvalue weighted by molar-refractivity contribution is -0.144. The molecule has 1 atom stereocenters. The van der Waals surface area contributed by atoms with Gasteiger partial charge in [0.1, 0.15) is 0 Å². The van der Waals surface area contributed by atoms with Gasteiger partial charge in [-0.25, -0.2) is 4.79 Å². The highest BCUT2D eigenvalue weighted by Gasteiger charge is 2.41. The predicted octanol–water partition coefficient (Wildman–Crippen LogP) is 3.64. The quantitative estimate of drug-likeness (QED) is 0.807. The molecule has 4 heteroatoms. The van der Waals surface area contributed by atoms with Gasteiger partial charge in [-0.2, -0.15) is 11.8 Å². The van der Waals surface area contributed by atoms with Crippen LogP contribution in [0.15, 0.2) is 30.3 Å². The predicted molar refractivity (Wildman–Crippen MR) is 88.7 cm³/mol. The van der Waals surface area contributed by atoms with Gasteiger partial charge in [0.15, 0.2) is 5.54 Å². The van der Waals surface area contributed by atoms with E-state index < -0.39 is 11.5 Å². The molecule has 1 saturated carbocycles. The van der Waals surface area contributed by atoms with E-state index in [-0.39, 0.29) is 6.04 Å². The van der Waals surface area contributed by atoms with Gasteiger partial charge in [0.05, 0.1) is 0 Å². The lowest BCUT2D eigenvalue weighted by Crippen LogP contribution is -2.54. The summed E-state index contributed by atoms with van der Waals surface area (Å²) in [6.07, 6.45) is 5.00. The minimum absolute atomic E-state index is 0.116. The Bertz CT molecular complexity index is 457. The van der Waals surface area contributed by atoms with Crippen molar-refractivity contribution in [1.29, 1.82) is 0 Å². The van der Waals surface area contributed by atoms with Gasteiger partial charge in [-0.1, -0.05) is 43.2 Å². The van der Waals surface area contributed by atoms with Gasteiger partial charge < -0.3 is 5.11 Å². The van der Waals surface area contributed by atoms with Gasteiger partial charge in [0, 0.05) is 17.0 Å². The van der Waals surface area contributed by atoms with Crippen LogP contribution in [-0.2, 0) is 10.3 Å². The number of aliphatic carboxylic acids is 1. The molecule has 0 spiro atoms. The van der Waals surface area contributed by atoms with Gasteiger partial charge in [0.2, 0.25) is 0 Å². The van der Waals surface area contributed by atoms with Crippen LogP contribution >= 0.6 is 11.8 Å². The number of hydrogen-bond donors (Lipinski definition) is 2. The second-order valence-corrected chi connectivity index (χ2v) is 7.38. The molecule has 21 heavy (non-hydrogen) atoms. The molecule has 1 fully saturated rings. The smallest absolute Gasteiger partial charge is 0.329 e. The summed E-state index contributed by atoms with van der Waals surface area (Å²) in [5.41, 5.74) is -0.153. The first kappa shape index (κ1) is 16.4. The average molecular weight is 307 g/mol. The first-order chi connectivity index (χ1) is 10.0. The van der Waals surface area contributed by atoms with Crippen molar-refractivity contribution in [3.63, 3.8) is 0 Å². The van der Waals surface area contributed by atoms with E-state index in [2.05, 4.69) is 5.32 Å². The van der Waals surface area contributed by atoms with Crippen LogP contribution in [0.4, 0.5) is 0 Å². The molecule has 0 bridgehead atoms. The lowest BCUT2D eigenvalue weighted by atomic mass is 9.91. The van der Waals surface area contributed by atoms with Crippen LogP contribution in [0.1, 0.15) is 45.1 Å². The Morgan fingerprint density at radius 3 is 2.48 bits per heavy atom. The molecule has 0 amide bonds. The highest BCUT2D eigenvalue weighted by atomic mass is 32.2. The fourth-order valence-corrected chi connectivity index (χ4v) is 4.49. The van der Waals surface area contributed by atoms with Gasteiger partial charge in [-0.15, -0.1) is 0 Å². The van der Waals surface area contributed by atoms with E-state index in [0.717, 1.165) is 5.56 Å². The van der Waals surface area contributed by atoms with Crippen LogP contribution in [0.2, 0.25) is 0 Å². The van der Waals surface area contributed by atoms with Gasteiger partial charge in [-0.3, -0.25) is 5.32 Å². The summed E-state index contributed by atoms with van der Waals surface area (Å²) < 4.78 is 0. The molecule has 0 radical (unpaired) electrons. The zero-order valence-electron chi connectivity index (χ0n) is 12.8. The van der Waals surface area contributed by atoms with Gasteiger partial charge >= 0.3 is 5.97 Å². The minimum atomic E-state index is -0.997. The lowest BCUT2D eigenvalue weighted by Gasteiger charge is -2.33. The van der Waals surface area contributed by atoms with Crippen molar-refractivity contribution in [2.45, 2.75) is 56.4 Å². The van der Waals surface area contributed by atoms with Crippen molar-refractivity contribution in [2.24, 2.45) is 0 Å². The standard InChI is InChI=1S/C17H25NO2S/c1-13(2)18-17(16(19)20,14-8-4-3-5-9-14)12-21-15-10-6-7-11-15/h3-5,8-9,13,15,18H,6-7,10-12H2,1-2H3,(H,19,20). The van der Waals surface area contributed by atoms with Crippen molar-refractivity contribution in [3.05, 3.63) is 35.9 Å². The van der Waals surface area contributed by atoms with E-state index in [0.29, 0.717) is 11.0 Å². The van der Waals surface area contributed by atoms with Crippen LogP contribution in [0.3, 0.4) is 0 Å². The number of nitrogens with one attached hydrogen (secondary N) is 1. The molecule has 1 aliphatic carbocycles. The molecule has 1 aliphatic rings. The average Bonchev–Trinajstić information content (AvgIpc) is 2.97. The van der Waals surface area contributed by atoms with Crippen molar-refractivity contribution >= 4 is 17.7 Å². The number of carbonyl (C=O) groups is 1. The summed E-state index contributed by atoms with van der Waals surface area (Å²) in [4.78, 5) is 12.1. The fourth-order valence-electron chi connectivity index (χ4n) is 2.97. The van der Waals surface area contributed by atoms with Gasteiger partial charge in [-0.05, 0) is 32.3 Å². The Balaban J connectivity index is 2.24. The largest absolute Gasteiger partial charge is 0.480 e. The number of hydrogen-bond acceptors (Lipinski definition) is 3. The molecule has 0 heterocycles. The third kappa shape index (κ3) is 4.01. The minimum Gasteiger partial charge on any atom is -0.480 e. The van der Waals surface area contributed by atoms with Crippen molar-refractivity contribution < 1.29 is 9.90 Å². The second kappa shape index (κ2) is 7.32. The van der Waals surface area contributed by atoms with Gasteiger partial charge in [0.25, 0.3) is 0 Å². The third-order valence-corrected chi connectivity index (χ3v) is 5.55. The Morgan fingerprint density at radius 1 is 1.33 bits per heavy atom. The molecule has 1 aromatic rings. The van der Waals surface area contributed by atoms with E-state index in [1.807, 2.05) is 55.9 Å². The molecule has 116 valence electrons. The molecular formula is C17H25NO2S. The molecule has 0 saturated heterocycles. The van der Waals surface area contributed by atoms with Crippen molar-refractivity contribution in [3.8, 4) is 0 Å². The molecule has 1 unspecified atom stereocenters. The summed E-state index contributed by atoms with van der Waals surface area (Å²) in [5.74, 6) is -0.206. The Hall–Kier alpha value is -1.00. The molecule has 0 aromatic heterocycles. The van der Waals surface area contributed by atoms with E-state index in [9.17, 15) is 9.90 Å². The number of rotatable bonds is 7. The van der Waals surface area contributed by atoms with Crippen molar-refractivity contribution in [2.75, 3.05) is 5.75 Å². The Labute approximate surface area is 131 Å². The van der Waals surface area contributed by atoms with Crippen LogP contribution in [-0.4, -0.2) is 28.1 Å². The number of carboxylic acid groups (broad SMARTS) is 1. The highest BCUT2D eigenvalue weighted by molar-refractivity contribution is 8.00. The Morgan fingerprint density at radius 2 is 1.95 bits per heavy atom. The SMILES string of the molecule is CC(C)NC(CSC1CCCC1)(C(=O)O)c1ccccc1. The third-order valence-electron chi connectivity index (χ3n) is 4.00. The first-order valence-electron chi connectivity index (χ1n) is 7.73. The van der Waals surface area contributed by atoms with Crippen LogP contribution in [0, 0.1) is 0 Å². The monoisotopic (exact) mass is 307 g/mol. The number of benzene rings is 1. The molecule has 2 N–H and O–H groups in total. The molecule has 3 nitrogen and oxygen atoms in total. The van der Waals surface area contributed by atoms with Crippen LogP contribution in [0.5, 0.6) is 0 Å². The maximum Gasteiger partial charge on any atom is 0.329 e. The summed E-state index contributed by atoms with van der Waals surface area (Å²) >= 11 is 1.81. The molecular weight excluding hydrogens is 282 g/mol. The maximum absolute atomic E-state index is 12.1. The maximum atomic E-state index is 12.1. The van der Waals surface area contributed by atoms with Crippen LogP contribution in [0.25, 0.3) is 0 Å². The Kier molecular flexibility index (Phi) is 5.71.